The first-order valence-corrected chi connectivity index (χ1v) is 10.5. The first-order chi connectivity index (χ1) is 13.4. The van der Waals surface area contributed by atoms with Crippen LogP contribution in [0.2, 0.25) is 5.02 Å². The van der Waals surface area contributed by atoms with Gasteiger partial charge in [-0.05, 0) is 48.9 Å². The van der Waals surface area contributed by atoms with Crippen LogP contribution < -0.4 is 5.32 Å². The lowest BCUT2D eigenvalue weighted by Gasteiger charge is -2.12. The second kappa shape index (κ2) is 7.30. The Balaban J connectivity index is 1.79. The Labute approximate surface area is 168 Å². The Bertz CT molecular complexity index is 1230. The van der Waals surface area contributed by atoms with Crippen LogP contribution in [0.1, 0.15) is 11.1 Å². The molecule has 0 saturated carbocycles. The lowest BCUT2D eigenvalue weighted by Crippen LogP contribution is -2.16. The molecular weight excluding hydrogens is 394 g/mol. The summed E-state index contributed by atoms with van der Waals surface area (Å²) in [7, 11) is -3.81. The zero-order valence-electron chi connectivity index (χ0n) is 15.1. The maximum absolute atomic E-state index is 13.4. The molecular formula is C21H18ClN3O2S. The van der Waals surface area contributed by atoms with E-state index in [4.69, 9.17) is 11.6 Å². The summed E-state index contributed by atoms with van der Waals surface area (Å²) in [4.78, 5) is 4.72. The molecule has 0 aliphatic heterocycles. The maximum atomic E-state index is 13.4. The van der Waals surface area contributed by atoms with Crippen molar-refractivity contribution in [3.63, 3.8) is 0 Å². The van der Waals surface area contributed by atoms with Gasteiger partial charge in [0.25, 0.3) is 10.0 Å². The van der Waals surface area contributed by atoms with Gasteiger partial charge in [0.05, 0.1) is 15.9 Å². The van der Waals surface area contributed by atoms with Gasteiger partial charge in [-0.2, -0.15) is 0 Å². The average Bonchev–Trinajstić information content (AvgIpc) is 3.07. The van der Waals surface area contributed by atoms with E-state index in [0.29, 0.717) is 22.6 Å². The third-order valence-corrected chi connectivity index (χ3v) is 6.41. The van der Waals surface area contributed by atoms with Crippen molar-refractivity contribution in [3.05, 3.63) is 88.9 Å². The second-order valence-corrected chi connectivity index (χ2v) is 8.71. The van der Waals surface area contributed by atoms with E-state index in [0.717, 1.165) is 11.1 Å². The van der Waals surface area contributed by atoms with Gasteiger partial charge in [-0.15, -0.1) is 0 Å². The molecule has 0 atom stereocenters. The Morgan fingerprint density at radius 2 is 1.64 bits per heavy atom. The van der Waals surface area contributed by atoms with Crippen LogP contribution in [0.15, 0.2) is 77.7 Å². The van der Waals surface area contributed by atoms with Crippen LogP contribution >= 0.6 is 11.6 Å². The summed E-state index contributed by atoms with van der Waals surface area (Å²) in [6, 6.07) is 21.3. The Morgan fingerprint density at radius 3 is 2.36 bits per heavy atom. The largest absolute Gasteiger partial charge is 0.351 e. The van der Waals surface area contributed by atoms with Crippen molar-refractivity contribution >= 4 is 38.6 Å². The number of aryl methyl sites for hydroxylation is 1. The highest BCUT2D eigenvalue weighted by molar-refractivity contribution is 7.90. The fourth-order valence-corrected chi connectivity index (χ4v) is 4.52. The standard InChI is InChI=1S/C21H18ClN3O2S/c1-15-6-12-18(13-7-15)28(26,27)25-20-5-3-2-4-19(20)24-21(25)23-14-16-8-10-17(22)11-9-16/h2-13H,14H2,1H3,(H,23,24). The van der Waals surface area contributed by atoms with Gasteiger partial charge in [-0.25, -0.2) is 17.4 Å². The number of nitrogens with zero attached hydrogens (tertiary/aromatic N) is 2. The Morgan fingerprint density at radius 1 is 0.964 bits per heavy atom. The number of aromatic nitrogens is 2. The summed E-state index contributed by atoms with van der Waals surface area (Å²) in [5, 5.41) is 3.81. The summed E-state index contributed by atoms with van der Waals surface area (Å²) in [6.45, 7) is 2.34. The Kier molecular flexibility index (Phi) is 4.83. The number of benzene rings is 3. The molecule has 0 bridgehead atoms. The lowest BCUT2D eigenvalue weighted by atomic mass is 10.2. The molecule has 0 fully saturated rings. The van der Waals surface area contributed by atoms with Gasteiger partial charge in [0.1, 0.15) is 0 Å². The third kappa shape index (κ3) is 3.48. The molecule has 5 nitrogen and oxygen atoms in total. The van der Waals surface area contributed by atoms with Crippen LogP contribution in [0.4, 0.5) is 5.95 Å². The molecule has 3 aromatic carbocycles. The number of anilines is 1. The minimum Gasteiger partial charge on any atom is -0.351 e. The van der Waals surface area contributed by atoms with Crippen LogP contribution in [0.3, 0.4) is 0 Å². The molecule has 0 aliphatic carbocycles. The number of hydrogen-bond acceptors (Lipinski definition) is 4. The highest BCUT2D eigenvalue weighted by Crippen LogP contribution is 2.26. The number of imidazole rings is 1. The van der Waals surface area contributed by atoms with Gasteiger partial charge in [0, 0.05) is 11.6 Å². The van der Waals surface area contributed by atoms with Crippen LogP contribution in [0, 0.1) is 6.92 Å². The Hall–Kier alpha value is -2.83. The monoisotopic (exact) mass is 411 g/mol. The summed E-state index contributed by atoms with van der Waals surface area (Å²) < 4.78 is 28.0. The predicted octanol–water partition coefficient (Wildman–Crippen LogP) is 4.85. The molecule has 4 aromatic rings. The summed E-state index contributed by atoms with van der Waals surface area (Å²) >= 11 is 5.93. The fourth-order valence-electron chi connectivity index (χ4n) is 2.96. The summed E-state index contributed by atoms with van der Waals surface area (Å²) in [5.74, 6) is 0.275. The first kappa shape index (κ1) is 18.5. The van der Waals surface area contributed by atoms with Crippen LogP contribution in [0.25, 0.3) is 11.0 Å². The lowest BCUT2D eigenvalue weighted by molar-refractivity contribution is 0.589. The summed E-state index contributed by atoms with van der Waals surface area (Å²) in [5.41, 5.74) is 3.10. The van der Waals surface area contributed by atoms with E-state index >= 15 is 0 Å². The number of para-hydroxylation sites is 2. The van der Waals surface area contributed by atoms with Gasteiger partial charge >= 0.3 is 0 Å². The minimum absolute atomic E-state index is 0.218. The molecule has 1 heterocycles. The molecule has 4 rings (SSSR count). The quantitative estimate of drug-likeness (QED) is 0.510. The average molecular weight is 412 g/mol. The molecule has 0 spiro atoms. The maximum Gasteiger partial charge on any atom is 0.271 e. The van der Waals surface area contributed by atoms with Crippen molar-refractivity contribution in [1.82, 2.24) is 8.96 Å². The van der Waals surface area contributed by atoms with E-state index in [-0.39, 0.29) is 10.8 Å². The van der Waals surface area contributed by atoms with Gasteiger partial charge in [0.15, 0.2) is 0 Å². The first-order valence-electron chi connectivity index (χ1n) is 8.73. The van der Waals surface area contributed by atoms with E-state index in [1.54, 1.807) is 54.6 Å². The molecule has 28 heavy (non-hydrogen) atoms. The van der Waals surface area contributed by atoms with Crippen molar-refractivity contribution in [2.75, 3.05) is 5.32 Å². The number of hydrogen-bond donors (Lipinski definition) is 1. The molecule has 1 N–H and O–H groups in total. The van der Waals surface area contributed by atoms with E-state index in [9.17, 15) is 8.42 Å². The SMILES string of the molecule is Cc1ccc(S(=O)(=O)n2c(NCc3ccc(Cl)cc3)nc3ccccc32)cc1. The number of fused-ring (bicyclic) bond motifs is 1. The van der Waals surface area contributed by atoms with E-state index < -0.39 is 10.0 Å². The smallest absolute Gasteiger partial charge is 0.271 e. The van der Waals surface area contributed by atoms with Gasteiger partial charge < -0.3 is 5.32 Å². The van der Waals surface area contributed by atoms with E-state index in [1.165, 1.54) is 3.97 Å². The fraction of sp³-hybridized carbons (Fsp3) is 0.0952. The highest BCUT2D eigenvalue weighted by Gasteiger charge is 2.24. The molecule has 1 aromatic heterocycles. The van der Waals surface area contributed by atoms with Crippen LogP contribution in [-0.4, -0.2) is 17.4 Å². The van der Waals surface area contributed by atoms with Crippen molar-refractivity contribution in [3.8, 4) is 0 Å². The number of halogens is 1. The zero-order chi connectivity index (χ0) is 19.7. The molecule has 0 radical (unpaired) electrons. The highest BCUT2D eigenvalue weighted by atomic mass is 35.5. The van der Waals surface area contributed by atoms with Gasteiger partial charge in [0.2, 0.25) is 5.95 Å². The minimum atomic E-state index is -3.81. The number of nitrogens with one attached hydrogen (secondary N) is 1. The van der Waals surface area contributed by atoms with Gasteiger partial charge in [-0.3, -0.25) is 0 Å². The van der Waals surface area contributed by atoms with E-state index in [1.807, 2.05) is 25.1 Å². The van der Waals surface area contributed by atoms with Crippen molar-refractivity contribution in [2.24, 2.45) is 0 Å². The van der Waals surface area contributed by atoms with Gasteiger partial charge in [-0.1, -0.05) is 53.6 Å². The van der Waals surface area contributed by atoms with Crippen molar-refractivity contribution < 1.29 is 8.42 Å². The third-order valence-electron chi connectivity index (χ3n) is 4.44. The van der Waals surface area contributed by atoms with Crippen LogP contribution in [-0.2, 0) is 16.6 Å². The second-order valence-electron chi connectivity index (χ2n) is 6.49. The molecule has 142 valence electrons. The molecule has 0 saturated heterocycles. The molecule has 0 amide bonds. The van der Waals surface area contributed by atoms with Crippen molar-refractivity contribution in [2.45, 2.75) is 18.4 Å². The number of rotatable bonds is 5. The van der Waals surface area contributed by atoms with E-state index in [2.05, 4.69) is 10.3 Å². The predicted molar refractivity (Wildman–Crippen MR) is 112 cm³/mol. The normalized spacial score (nSPS) is 11.6. The summed E-state index contributed by atoms with van der Waals surface area (Å²) in [6.07, 6.45) is 0. The van der Waals surface area contributed by atoms with Crippen LogP contribution in [0.5, 0.6) is 0 Å². The van der Waals surface area contributed by atoms with Crippen molar-refractivity contribution in [1.29, 1.82) is 0 Å². The molecule has 0 unspecified atom stereocenters. The molecule has 0 aliphatic rings. The zero-order valence-corrected chi connectivity index (χ0v) is 16.7. The topological polar surface area (TPSA) is 64.0 Å². The molecule has 7 heteroatoms.